The molecule has 0 aromatic heterocycles. The number of hydrogen-bond acceptors (Lipinski definition) is 4. The molecule has 2 rings (SSSR count). The van der Waals surface area contributed by atoms with Crippen molar-refractivity contribution in [1.29, 1.82) is 0 Å². The normalized spacial score (nSPS) is 13.3. The molecule has 0 radical (unpaired) electrons. The number of hydrogen-bond donors (Lipinski definition) is 0. The van der Waals surface area contributed by atoms with Gasteiger partial charge in [-0.2, -0.15) is 0 Å². The molecule has 47 heavy (non-hydrogen) atoms. The van der Waals surface area contributed by atoms with Crippen molar-refractivity contribution in [2.24, 2.45) is 9.98 Å². The van der Waals surface area contributed by atoms with E-state index in [4.69, 9.17) is 18.8 Å². The third-order valence-electron chi connectivity index (χ3n) is 7.70. The Morgan fingerprint density at radius 3 is 1.04 bits per heavy atom. The van der Waals surface area contributed by atoms with Gasteiger partial charge in [-0.3, -0.25) is 9.98 Å². The second-order valence-electron chi connectivity index (χ2n) is 15.5. The van der Waals surface area contributed by atoms with Crippen molar-refractivity contribution in [1.82, 2.24) is 0 Å². The van der Waals surface area contributed by atoms with Crippen molar-refractivity contribution in [3.05, 3.63) is 58.7 Å². The maximum atomic E-state index is 6.32. The number of para-hydroxylation sites is 2. The van der Waals surface area contributed by atoms with Crippen LogP contribution in [0.2, 0.25) is 39.3 Å². The summed E-state index contributed by atoms with van der Waals surface area (Å²) in [7, 11) is -1.96. The zero-order valence-electron chi connectivity index (χ0n) is 31.8. The van der Waals surface area contributed by atoms with Crippen molar-refractivity contribution in [3.8, 4) is 0 Å². The van der Waals surface area contributed by atoms with E-state index in [1.165, 1.54) is 33.2 Å². The van der Waals surface area contributed by atoms with Crippen molar-refractivity contribution >= 4 is 67.9 Å². The zero-order chi connectivity index (χ0) is 35.9. The molecule has 0 aliphatic rings. The van der Waals surface area contributed by atoms with E-state index in [1.54, 1.807) is 0 Å². The first kappa shape index (κ1) is 44.6. The summed E-state index contributed by atoms with van der Waals surface area (Å²) in [5, 5.41) is 0. The maximum absolute atomic E-state index is 6.32. The predicted molar refractivity (Wildman–Crippen MR) is 218 cm³/mol. The molecule has 0 heterocycles. The molecule has 0 fully saturated rings. The summed E-state index contributed by atoms with van der Waals surface area (Å²) in [6.07, 6.45) is 3.53. The van der Waals surface area contributed by atoms with E-state index in [9.17, 15) is 0 Å². The van der Waals surface area contributed by atoms with Crippen LogP contribution in [0, 0.1) is 0 Å². The summed E-state index contributed by atoms with van der Waals surface area (Å²) in [5.74, 6) is 1.51. The Hall–Kier alpha value is -0.413. The van der Waals surface area contributed by atoms with Gasteiger partial charge in [0.25, 0.3) is 0 Å². The average molecular weight is 856 g/mol. The molecule has 0 saturated heterocycles. The van der Waals surface area contributed by atoms with Gasteiger partial charge >= 0.3 is 39.3 Å². The first-order chi connectivity index (χ1) is 21.8. The minimum absolute atomic E-state index is 0.378. The Morgan fingerprint density at radius 2 is 0.830 bits per heavy atom. The molecule has 9 heteroatoms. The first-order valence-corrected chi connectivity index (χ1v) is 29.0. The summed E-state index contributed by atoms with van der Waals surface area (Å²) in [6.45, 7) is 33.3. The van der Waals surface area contributed by atoms with Crippen molar-refractivity contribution < 1.29 is 19.7 Å². The summed E-state index contributed by atoms with van der Waals surface area (Å²) >= 11 is 6.00. The third-order valence-corrected chi connectivity index (χ3v) is 9.84. The third kappa shape index (κ3) is 16.9. The summed E-state index contributed by atoms with van der Waals surface area (Å²) < 4.78 is 12.6. The molecule has 0 bridgehead atoms. The van der Waals surface area contributed by atoms with E-state index in [0.717, 1.165) is 61.7 Å². The first-order valence-electron chi connectivity index (χ1n) is 17.3. The van der Waals surface area contributed by atoms with Crippen molar-refractivity contribution in [2.45, 2.75) is 144 Å². The van der Waals surface area contributed by atoms with Crippen LogP contribution in [-0.2, 0) is 19.7 Å². The van der Waals surface area contributed by atoms with Crippen molar-refractivity contribution in [2.75, 3.05) is 13.2 Å². The summed E-state index contributed by atoms with van der Waals surface area (Å²) in [4.78, 5) is 11.2. The van der Waals surface area contributed by atoms with Gasteiger partial charge in [-0.05, 0) is 111 Å². The molecule has 0 aliphatic carbocycles. The Morgan fingerprint density at radius 1 is 0.574 bits per heavy atom. The Balaban J connectivity index is 0.00000354. The van der Waals surface area contributed by atoms with E-state index < -0.39 is 16.6 Å². The molecular weight excluding hydrogens is 791 g/mol. The van der Waals surface area contributed by atoms with Crippen LogP contribution in [0.3, 0.4) is 0 Å². The standard InChI is InChI=1S/C38H64N2O2Si2.2BrH.Ni/c1-27(2)31-19-15-20-32(28(3)4)37(31)39-35(23-17-25-41-43(9,10)11)36(24-18-26-42-44(12,13)14)40-38-33(29(5)6)21-16-22-34(38)30(7)8;;;/h15-16,19-22,27-30H,17-18,23-26H2,1-14H3;2*1H;/q;;;+2/p-2. The second kappa shape index (κ2) is 21.7. The second-order valence-corrected chi connectivity index (χ2v) is 29.5. The molecule has 2 aromatic carbocycles. The SMILES string of the molecule is CC(C)c1cccc(C(C)C)c1N=C(CCCO[Si](C)(C)C)C(CCCO[Si](C)(C)C)=Nc1c(C(C)C)cccc1C(C)C.[Br][Ni][Br]. The number of nitrogens with zero attached hydrogens (tertiary/aromatic N) is 2. The van der Waals surface area contributed by atoms with E-state index in [-0.39, 0.29) is 0 Å². The van der Waals surface area contributed by atoms with Gasteiger partial charge in [-0.1, -0.05) is 91.8 Å². The van der Waals surface area contributed by atoms with Crippen LogP contribution in [0.4, 0.5) is 11.4 Å². The molecular formula is C38H64Br2N2NiO2Si2. The van der Waals surface area contributed by atoms with Gasteiger partial charge in [0, 0.05) is 13.2 Å². The fourth-order valence-electron chi connectivity index (χ4n) is 5.32. The quantitative estimate of drug-likeness (QED) is 0.0904. The van der Waals surface area contributed by atoms with Crippen molar-refractivity contribution in [3.63, 3.8) is 0 Å². The molecule has 270 valence electrons. The summed E-state index contributed by atoms with van der Waals surface area (Å²) in [6, 6.07) is 13.4. The van der Waals surface area contributed by atoms with Crippen LogP contribution >= 0.6 is 28.5 Å². The number of rotatable bonds is 17. The van der Waals surface area contributed by atoms with E-state index >= 15 is 0 Å². The Kier molecular flexibility index (Phi) is 20.6. The van der Waals surface area contributed by atoms with Crippen LogP contribution in [0.5, 0.6) is 0 Å². The van der Waals surface area contributed by atoms with Crippen LogP contribution in [0.15, 0.2) is 46.4 Å². The van der Waals surface area contributed by atoms with Crippen LogP contribution in [0.1, 0.15) is 127 Å². The van der Waals surface area contributed by atoms with Gasteiger partial charge in [-0.15, -0.1) is 0 Å². The predicted octanol–water partition coefficient (Wildman–Crippen LogP) is 14.0. The molecule has 0 aliphatic heterocycles. The summed E-state index contributed by atoms with van der Waals surface area (Å²) in [5.41, 5.74) is 9.67. The molecule has 0 N–H and O–H groups in total. The van der Waals surface area contributed by atoms with Gasteiger partial charge < -0.3 is 8.85 Å². The molecule has 0 atom stereocenters. The van der Waals surface area contributed by atoms with E-state index in [2.05, 4.69) is 160 Å². The van der Waals surface area contributed by atoms with Gasteiger partial charge in [0.05, 0.1) is 22.8 Å². The topological polar surface area (TPSA) is 43.2 Å². The Labute approximate surface area is 311 Å². The van der Waals surface area contributed by atoms with Gasteiger partial charge in [0.1, 0.15) is 0 Å². The molecule has 0 saturated carbocycles. The molecule has 2 aromatic rings. The fraction of sp³-hybridized carbons (Fsp3) is 0.632. The molecule has 4 nitrogen and oxygen atoms in total. The number of aliphatic imine (C=N–C) groups is 2. The van der Waals surface area contributed by atoms with Crippen LogP contribution < -0.4 is 0 Å². The zero-order valence-corrected chi connectivity index (χ0v) is 38.0. The molecule has 0 amide bonds. The Bertz CT molecular complexity index is 1130. The average Bonchev–Trinajstić information content (AvgIpc) is 2.95. The number of benzene rings is 2. The van der Waals surface area contributed by atoms with Crippen LogP contribution in [0.25, 0.3) is 0 Å². The van der Waals surface area contributed by atoms with Crippen LogP contribution in [-0.4, -0.2) is 41.3 Å². The van der Waals surface area contributed by atoms with E-state index in [0.29, 0.717) is 23.7 Å². The van der Waals surface area contributed by atoms with Gasteiger partial charge in [0.2, 0.25) is 0 Å². The van der Waals surface area contributed by atoms with Gasteiger partial charge in [0.15, 0.2) is 16.6 Å². The molecule has 0 unspecified atom stereocenters. The monoisotopic (exact) mass is 852 g/mol. The minimum atomic E-state index is -1.61. The fourth-order valence-corrected chi connectivity index (χ4v) is 6.83. The molecule has 0 spiro atoms. The number of halogens is 2. The van der Waals surface area contributed by atoms with E-state index in [1.807, 2.05) is 0 Å². The van der Waals surface area contributed by atoms with Gasteiger partial charge in [-0.25, -0.2) is 0 Å².